The molecule has 98 valence electrons. The van der Waals surface area contributed by atoms with E-state index in [4.69, 9.17) is 9.84 Å². The Labute approximate surface area is 107 Å². The zero-order chi connectivity index (χ0) is 12.8. The average molecular weight is 250 g/mol. The van der Waals surface area contributed by atoms with Gasteiger partial charge in [-0.1, -0.05) is 24.3 Å². The summed E-state index contributed by atoms with van der Waals surface area (Å²) < 4.78 is 18.7. The second-order valence-electron chi connectivity index (χ2n) is 4.59. The Morgan fingerprint density at radius 1 is 1.33 bits per heavy atom. The topological polar surface area (TPSA) is 29.5 Å². The molecule has 2 atom stereocenters. The Kier molecular flexibility index (Phi) is 4.90. The summed E-state index contributed by atoms with van der Waals surface area (Å²) in [6, 6.07) is 6.53. The van der Waals surface area contributed by atoms with Gasteiger partial charge in [0, 0.05) is 19.1 Å². The summed E-state index contributed by atoms with van der Waals surface area (Å²) in [5.74, 6) is 0.0951. The number of halogens is 1. The zero-order valence-electron chi connectivity index (χ0n) is 10.4. The predicted octanol–water partition coefficient (Wildman–Crippen LogP) is 3.23. The van der Waals surface area contributed by atoms with E-state index in [1.54, 1.807) is 12.1 Å². The van der Waals surface area contributed by atoms with E-state index >= 15 is 0 Å². The van der Waals surface area contributed by atoms with E-state index < -0.39 is 0 Å². The number of aliphatic hydroxyl groups excluding tert-OH is 1. The largest absolute Gasteiger partial charge is 0.396 e. The van der Waals surface area contributed by atoms with Gasteiger partial charge in [-0.15, -0.1) is 0 Å². The van der Waals surface area contributed by atoms with Crippen LogP contribution in [0.2, 0.25) is 0 Å². The summed E-state index contributed by atoms with van der Waals surface area (Å²) in [6.07, 6.45) is 6.91. The molecule has 1 aliphatic rings. The van der Waals surface area contributed by atoms with Crippen molar-refractivity contribution in [3.05, 3.63) is 47.8 Å². The van der Waals surface area contributed by atoms with Crippen molar-refractivity contribution < 1.29 is 14.2 Å². The van der Waals surface area contributed by atoms with Crippen molar-refractivity contribution in [1.82, 2.24) is 0 Å². The van der Waals surface area contributed by atoms with E-state index in [1.807, 2.05) is 6.08 Å². The van der Waals surface area contributed by atoms with Gasteiger partial charge in [0.2, 0.25) is 0 Å². The van der Waals surface area contributed by atoms with Crippen molar-refractivity contribution in [2.75, 3.05) is 13.2 Å². The van der Waals surface area contributed by atoms with Crippen molar-refractivity contribution >= 4 is 0 Å². The number of ether oxygens (including phenoxy) is 1. The van der Waals surface area contributed by atoms with Crippen LogP contribution in [0, 0.1) is 11.7 Å². The number of aliphatic hydroxyl groups is 1. The van der Waals surface area contributed by atoms with Gasteiger partial charge in [0.05, 0.1) is 6.10 Å². The highest BCUT2D eigenvalue weighted by Crippen LogP contribution is 2.34. The minimum atomic E-state index is -0.220. The van der Waals surface area contributed by atoms with E-state index in [0.29, 0.717) is 12.3 Å². The van der Waals surface area contributed by atoms with Crippen LogP contribution in [-0.2, 0) is 4.74 Å². The van der Waals surface area contributed by atoms with E-state index in [2.05, 4.69) is 6.08 Å². The average Bonchev–Trinajstić information content (AvgIpc) is 2.41. The smallest absolute Gasteiger partial charge is 0.123 e. The van der Waals surface area contributed by atoms with Crippen LogP contribution in [0.1, 0.15) is 30.9 Å². The number of hydrogen-bond acceptors (Lipinski definition) is 2. The third-order valence-corrected chi connectivity index (χ3v) is 3.25. The lowest BCUT2D eigenvalue weighted by molar-refractivity contribution is -0.0126. The van der Waals surface area contributed by atoms with Crippen molar-refractivity contribution in [2.45, 2.75) is 25.4 Å². The molecule has 0 unspecified atom stereocenters. The first kappa shape index (κ1) is 13.2. The molecule has 1 aliphatic heterocycles. The molecule has 18 heavy (non-hydrogen) atoms. The molecule has 2 nitrogen and oxygen atoms in total. The van der Waals surface area contributed by atoms with Gasteiger partial charge in [-0.2, -0.15) is 0 Å². The highest BCUT2D eigenvalue weighted by Gasteiger charge is 2.25. The van der Waals surface area contributed by atoms with Gasteiger partial charge in [0.15, 0.2) is 0 Å². The fraction of sp³-hybridized carbons (Fsp3) is 0.467. The summed E-state index contributed by atoms with van der Waals surface area (Å²) in [6.45, 7) is 0.928. The molecule has 1 fully saturated rings. The Balaban J connectivity index is 2.09. The fourth-order valence-electron chi connectivity index (χ4n) is 2.34. The molecular formula is C15H19FO2. The maximum atomic E-state index is 12.9. The molecule has 0 aliphatic carbocycles. The molecule has 1 heterocycles. The third-order valence-electron chi connectivity index (χ3n) is 3.25. The lowest BCUT2D eigenvalue weighted by atomic mass is 9.89. The van der Waals surface area contributed by atoms with Crippen LogP contribution < -0.4 is 0 Å². The molecule has 1 aromatic carbocycles. The highest BCUT2D eigenvalue weighted by molar-refractivity contribution is 5.21. The van der Waals surface area contributed by atoms with Gasteiger partial charge < -0.3 is 9.84 Å². The Hall–Kier alpha value is -1.19. The Morgan fingerprint density at radius 3 is 2.83 bits per heavy atom. The minimum absolute atomic E-state index is 0.00860. The summed E-state index contributed by atoms with van der Waals surface area (Å²) in [7, 11) is 0. The quantitative estimate of drug-likeness (QED) is 0.831. The van der Waals surface area contributed by atoms with Crippen LogP contribution in [0.5, 0.6) is 0 Å². The van der Waals surface area contributed by atoms with Crippen LogP contribution in [0.4, 0.5) is 4.39 Å². The summed E-state index contributed by atoms with van der Waals surface area (Å²) in [4.78, 5) is 0. The van der Waals surface area contributed by atoms with Gasteiger partial charge in [-0.3, -0.25) is 0 Å². The molecule has 0 spiro atoms. The van der Waals surface area contributed by atoms with Gasteiger partial charge in [0.25, 0.3) is 0 Å². The SMILES string of the molecule is OCC/C=C/[C@H]1CCCO[C@@H]1c1ccc(F)cc1. The predicted molar refractivity (Wildman–Crippen MR) is 68.7 cm³/mol. The molecule has 1 aromatic rings. The monoisotopic (exact) mass is 250 g/mol. The first-order valence-corrected chi connectivity index (χ1v) is 6.46. The van der Waals surface area contributed by atoms with Crippen molar-refractivity contribution in [2.24, 2.45) is 5.92 Å². The molecule has 0 bridgehead atoms. The maximum absolute atomic E-state index is 12.9. The highest BCUT2D eigenvalue weighted by atomic mass is 19.1. The Morgan fingerprint density at radius 2 is 2.11 bits per heavy atom. The minimum Gasteiger partial charge on any atom is -0.396 e. The fourth-order valence-corrected chi connectivity index (χ4v) is 2.34. The van der Waals surface area contributed by atoms with Crippen molar-refractivity contribution in [3.8, 4) is 0 Å². The zero-order valence-corrected chi connectivity index (χ0v) is 10.4. The molecule has 3 heteroatoms. The lowest BCUT2D eigenvalue weighted by Crippen LogP contribution is -2.21. The molecule has 0 radical (unpaired) electrons. The second-order valence-corrected chi connectivity index (χ2v) is 4.59. The maximum Gasteiger partial charge on any atom is 0.123 e. The van der Waals surface area contributed by atoms with Gasteiger partial charge in [0.1, 0.15) is 5.82 Å². The van der Waals surface area contributed by atoms with E-state index in [9.17, 15) is 4.39 Å². The molecule has 0 aromatic heterocycles. The third kappa shape index (κ3) is 3.40. The van der Waals surface area contributed by atoms with Gasteiger partial charge >= 0.3 is 0 Å². The first-order chi connectivity index (χ1) is 8.81. The standard InChI is InChI=1S/C15H19FO2/c16-14-8-6-13(7-9-14)15-12(4-1-2-10-17)5-3-11-18-15/h1,4,6-9,12,15,17H,2-3,5,10-11H2/b4-1+/t12-,15-/m0/s1. The number of benzene rings is 1. The van der Waals surface area contributed by atoms with Crippen LogP contribution >= 0.6 is 0 Å². The normalized spacial score (nSPS) is 24.6. The molecule has 0 saturated carbocycles. The second kappa shape index (κ2) is 6.66. The molecular weight excluding hydrogens is 231 g/mol. The van der Waals surface area contributed by atoms with E-state index in [0.717, 1.165) is 25.0 Å². The van der Waals surface area contributed by atoms with Gasteiger partial charge in [-0.05, 0) is 37.0 Å². The van der Waals surface area contributed by atoms with Crippen molar-refractivity contribution in [1.29, 1.82) is 0 Å². The van der Waals surface area contributed by atoms with E-state index in [1.165, 1.54) is 12.1 Å². The Bertz CT molecular complexity index is 386. The molecule has 2 rings (SSSR count). The summed E-state index contributed by atoms with van der Waals surface area (Å²) in [5, 5.41) is 8.79. The molecule has 0 amide bonds. The number of rotatable bonds is 4. The van der Waals surface area contributed by atoms with Crippen LogP contribution in [0.3, 0.4) is 0 Å². The summed E-state index contributed by atoms with van der Waals surface area (Å²) >= 11 is 0. The van der Waals surface area contributed by atoms with Crippen molar-refractivity contribution in [3.63, 3.8) is 0 Å². The number of hydrogen-bond donors (Lipinski definition) is 1. The van der Waals surface area contributed by atoms with Crippen LogP contribution in [-0.4, -0.2) is 18.3 Å². The van der Waals surface area contributed by atoms with Gasteiger partial charge in [-0.25, -0.2) is 4.39 Å². The van der Waals surface area contributed by atoms with Crippen LogP contribution in [0.25, 0.3) is 0 Å². The van der Waals surface area contributed by atoms with E-state index in [-0.39, 0.29) is 18.5 Å². The summed E-state index contributed by atoms with van der Waals surface area (Å²) in [5.41, 5.74) is 1.02. The molecule has 1 saturated heterocycles. The lowest BCUT2D eigenvalue weighted by Gasteiger charge is -2.30. The first-order valence-electron chi connectivity index (χ1n) is 6.46. The molecule has 1 N–H and O–H groups in total. The van der Waals surface area contributed by atoms with Crippen LogP contribution in [0.15, 0.2) is 36.4 Å².